The molecule has 7 nitrogen and oxygen atoms in total. The molecule has 1 aliphatic rings. The second-order valence-corrected chi connectivity index (χ2v) is 7.95. The van der Waals surface area contributed by atoms with E-state index < -0.39 is 0 Å². The number of likely N-dealkylation sites (N-methyl/N-ethyl adjacent to an activating group) is 1. The number of piperazine rings is 1. The molecule has 0 atom stereocenters. The monoisotopic (exact) mass is 447 g/mol. The van der Waals surface area contributed by atoms with E-state index in [0.29, 0.717) is 17.0 Å². The predicted molar refractivity (Wildman–Crippen MR) is 131 cm³/mol. The van der Waals surface area contributed by atoms with E-state index in [0.717, 1.165) is 37.7 Å². The van der Waals surface area contributed by atoms with Crippen LogP contribution >= 0.6 is 12.2 Å². The van der Waals surface area contributed by atoms with Crippen LogP contribution in [0.2, 0.25) is 0 Å². The second-order valence-electron chi connectivity index (χ2n) is 7.55. The largest absolute Gasteiger partial charge is 0.457 e. The van der Waals surface area contributed by atoms with Crippen LogP contribution < -0.4 is 20.3 Å². The van der Waals surface area contributed by atoms with Gasteiger partial charge in [0.1, 0.15) is 17.3 Å². The number of benzene rings is 2. The lowest BCUT2D eigenvalue weighted by atomic mass is 10.2. The van der Waals surface area contributed by atoms with Gasteiger partial charge in [-0.2, -0.15) is 0 Å². The molecule has 4 rings (SSSR count). The number of pyridine rings is 1. The maximum atomic E-state index is 12.6. The molecule has 1 aromatic heterocycles. The summed E-state index contributed by atoms with van der Waals surface area (Å²) in [7, 11) is 2.11. The Labute approximate surface area is 193 Å². The molecule has 0 unspecified atom stereocenters. The average Bonchev–Trinajstić information content (AvgIpc) is 2.80. The zero-order valence-electron chi connectivity index (χ0n) is 17.8. The predicted octanol–water partition coefficient (Wildman–Crippen LogP) is 3.75. The van der Waals surface area contributed by atoms with E-state index in [1.807, 2.05) is 60.7 Å². The summed E-state index contributed by atoms with van der Waals surface area (Å²) in [6, 6.07) is 20.5. The van der Waals surface area contributed by atoms with Crippen molar-refractivity contribution in [1.82, 2.24) is 15.2 Å². The van der Waals surface area contributed by atoms with Gasteiger partial charge in [-0.25, -0.2) is 4.98 Å². The van der Waals surface area contributed by atoms with Crippen LogP contribution in [0.3, 0.4) is 0 Å². The van der Waals surface area contributed by atoms with Gasteiger partial charge in [0.05, 0.1) is 5.56 Å². The number of thiocarbonyl (C=S) groups is 1. The number of hydrogen-bond acceptors (Lipinski definition) is 6. The fourth-order valence-electron chi connectivity index (χ4n) is 3.34. The van der Waals surface area contributed by atoms with E-state index in [2.05, 4.69) is 32.5 Å². The Morgan fingerprint density at radius 1 is 0.969 bits per heavy atom. The number of para-hydroxylation sites is 1. The minimum atomic E-state index is -0.309. The molecule has 1 aliphatic heterocycles. The van der Waals surface area contributed by atoms with Gasteiger partial charge in [0.2, 0.25) is 0 Å². The Morgan fingerprint density at radius 3 is 2.44 bits per heavy atom. The standard InChI is InChI=1S/C24H25N5O2S/c1-28-12-14-29(15-13-28)22-11-10-18(17-25-22)23(30)27-24(32)26-19-6-5-9-21(16-19)31-20-7-3-2-4-8-20/h2-11,16-17H,12-15H2,1H3,(H2,26,27,30,32). The zero-order chi connectivity index (χ0) is 22.3. The van der Waals surface area contributed by atoms with Crippen molar-refractivity contribution in [3.8, 4) is 11.5 Å². The van der Waals surface area contributed by atoms with Crippen molar-refractivity contribution in [1.29, 1.82) is 0 Å². The average molecular weight is 448 g/mol. The van der Waals surface area contributed by atoms with Crippen molar-refractivity contribution in [3.05, 3.63) is 78.5 Å². The number of carbonyl (C=O) groups is 1. The van der Waals surface area contributed by atoms with E-state index in [1.165, 1.54) is 0 Å². The van der Waals surface area contributed by atoms with Gasteiger partial charge in [-0.05, 0) is 55.7 Å². The normalized spacial score (nSPS) is 14.0. The fourth-order valence-corrected chi connectivity index (χ4v) is 3.55. The van der Waals surface area contributed by atoms with Crippen LogP contribution in [0.15, 0.2) is 72.9 Å². The first-order valence-corrected chi connectivity index (χ1v) is 10.8. The third kappa shape index (κ3) is 5.81. The highest BCUT2D eigenvalue weighted by atomic mass is 32.1. The van der Waals surface area contributed by atoms with Crippen LogP contribution in [0.1, 0.15) is 10.4 Å². The Morgan fingerprint density at radius 2 is 1.72 bits per heavy atom. The Bertz CT molecular complexity index is 1070. The molecule has 8 heteroatoms. The first-order chi connectivity index (χ1) is 15.6. The molecule has 0 bridgehead atoms. The number of nitrogens with zero attached hydrogens (tertiary/aromatic N) is 3. The highest BCUT2D eigenvalue weighted by molar-refractivity contribution is 7.80. The van der Waals surface area contributed by atoms with Gasteiger partial charge in [-0.15, -0.1) is 0 Å². The summed E-state index contributed by atoms with van der Waals surface area (Å²) in [4.78, 5) is 21.5. The van der Waals surface area contributed by atoms with Gasteiger partial charge in [0.15, 0.2) is 5.11 Å². The Kier molecular flexibility index (Phi) is 6.94. The van der Waals surface area contributed by atoms with Gasteiger partial charge in [-0.1, -0.05) is 24.3 Å². The van der Waals surface area contributed by atoms with E-state index in [1.54, 1.807) is 12.3 Å². The smallest absolute Gasteiger partial charge is 0.258 e. The molecule has 1 fully saturated rings. The summed E-state index contributed by atoms with van der Waals surface area (Å²) in [6.45, 7) is 3.86. The number of ether oxygens (including phenoxy) is 1. The molecular weight excluding hydrogens is 422 g/mol. The van der Waals surface area contributed by atoms with Crippen LogP contribution in [0.4, 0.5) is 11.5 Å². The van der Waals surface area contributed by atoms with E-state index >= 15 is 0 Å². The van der Waals surface area contributed by atoms with Gasteiger partial charge in [0.25, 0.3) is 5.91 Å². The molecule has 1 saturated heterocycles. The Balaban J connectivity index is 1.32. The van der Waals surface area contributed by atoms with Gasteiger partial charge in [0, 0.05) is 44.1 Å². The topological polar surface area (TPSA) is 69.7 Å². The van der Waals surface area contributed by atoms with Crippen LogP contribution in [-0.4, -0.2) is 54.1 Å². The third-order valence-electron chi connectivity index (χ3n) is 5.14. The minimum absolute atomic E-state index is 0.204. The third-order valence-corrected chi connectivity index (χ3v) is 5.34. The lowest BCUT2D eigenvalue weighted by molar-refractivity contribution is 0.0977. The zero-order valence-corrected chi connectivity index (χ0v) is 18.6. The minimum Gasteiger partial charge on any atom is -0.457 e. The lowest BCUT2D eigenvalue weighted by Crippen LogP contribution is -2.44. The van der Waals surface area contributed by atoms with E-state index in [9.17, 15) is 4.79 Å². The molecule has 164 valence electrons. The molecular formula is C24H25N5O2S. The number of amides is 1. The van der Waals surface area contributed by atoms with Crippen LogP contribution in [0.5, 0.6) is 11.5 Å². The van der Waals surface area contributed by atoms with Gasteiger partial charge in [-0.3, -0.25) is 10.1 Å². The summed E-state index contributed by atoms with van der Waals surface area (Å²) >= 11 is 5.31. The van der Waals surface area contributed by atoms with Crippen LogP contribution in [0, 0.1) is 0 Å². The van der Waals surface area contributed by atoms with Crippen LogP contribution in [0.25, 0.3) is 0 Å². The van der Waals surface area contributed by atoms with Crippen LogP contribution in [-0.2, 0) is 0 Å². The molecule has 2 aromatic carbocycles. The molecule has 0 saturated carbocycles. The van der Waals surface area contributed by atoms with Gasteiger partial charge >= 0.3 is 0 Å². The lowest BCUT2D eigenvalue weighted by Gasteiger charge is -2.33. The van der Waals surface area contributed by atoms with Crippen molar-refractivity contribution in [3.63, 3.8) is 0 Å². The summed E-state index contributed by atoms with van der Waals surface area (Å²) in [5.74, 6) is 1.98. The highest BCUT2D eigenvalue weighted by Gasteiger charge is 2.16. The summed E-state index contributed by atoms with van der Waals surface area (Å²) in [5, 5.41) is 5.92. The molecule has 32 heavy (non-hydrogen) atoms. The molecule has 3 aromatic rings. The van der Waals surface area contributed by atoms with Crippen molar-refractivity contribution in [2.24, 2.45) is 0 Å². The summed E-state index contributed by atoms with van der Waals surface area (Å²) in [6.07, 6.45) is 1.58. The maximum absolute atomic E-state index is 12.6. The number of aromatic nitrogens is 1. The molecule has 2 N–H and O–H groups in total. The molecule has 2 heterocycles. The Hall–Kier alpha value is -3.49. The molecule has 1 amide bonds. The van der Waals surface area contributed by atoms with Crippen molar-refractivity contribution in [2.45, 2.75) is 0 Å². The number of anilines is 2. The first-order valence-electron chi connectivity index (χ1n) is 10.4. The number of hydrogen-bond donors (Lipinski definition) is 2. The molecule has 0 aliphatic carbocycles. The van der Waals surface area contributed by atoms with Crippen molar-refractivity contribution >= 4 is 34.7 Å². The summed E-state index contributed by atoms with van der Waals surface area (Å²) in [5.41, 5.74) is 1.17. The number of carbonyl (C=O) groups excluding carboxylic acids is 1. The maximum Gasteiger partial charge on any atom is 0.258 e. The second kappa shape index (κ2) is 10.2. The quantitative estimate of drug-likeness (QED) is 0.577. The van der Waals surface area contributed by atoms with E-state index in [4.69, 9.17) is 17.0 Å². The molecule has 0 radical (unpaired) electrons. The highest BCUT2D eigenvalue weighted by Crippen LogP contribution is 2.23. The van der Waals surface area contributed by atoms with Gasteiger partial charge < -0.3 is 19.9 Å². The first kappa shape index (κ1) is 21.7. The summed E-state index contributed by atoms with van der Waals surface area (Å²) < 4.78 is 5.83. The number of nitrogens with one attached hydrogen (secondary N) is 2. The van der Waals surface area contributed by atoms with Crippen molar-refractivity contribution in [2.75, 3.05) is 43.4 Å². The number of rotatable bonds is 5. The fraction of sp³-hybridized carbons (Fsp3) is 0.208. The van der Waals surface area contributed by atoms with Crippen molar-refractivity contribution < 1.29 is 9.53 Å². The molecule has 0 spiro atoms. The van der Waals surface area contributed by atoms with E-state index in [-0.39, 0.29) is 11.0 Å². The SMILES string of the molecule is CN1CCN(c2ccc(C(=O)NC(=S)Nc3cccc(Oc4ccccc4)c3)cn2)CC1.